The standard InChI is InChI=1S/C12H14N6O3S/c1-17(7-11-14-15-16-18(11)2)22(20,21)9-3-4-10-8(5-9)6-12(19)13-10/h3-5H,6-7H2,1-2H3,(H,13,19). The van der Waals surface area contributed by atoms with Gasteiger partial charge in [0.05, 0.1) is 17.9 Å². The fraction of sp³-hybridized carbons (Fsp3) is 0.333. The summed E-state index contributed by atoms with van der Waals surface area (Å²) in [7, 11) is -0.585. The number of carbonyl (C=O) groups excluding carboxylic acids is 1. The van der Waals surface area contributed by atoms with Gasteiger partial charge in [0.15, 0.2) is 5.82 Å². The Kier molecular flexibility index (Phi) is 3.41. The molecule has 22 heavy (non-hydrogen) atoms. The monoisotopic (exact) mass is 322 g/mol. The van der Waals surface area contributed by atoms with Crippen molar-refractivity contribution in [1.82, 2.24) is 24.5 Å². The van der Waals surface area contributed by atoms with Crippen LogP contribution in [0.2, 0.25) is 0 Å². The van der Waals surface area contributed by atoms with Crippen LogP contribution in [0.1, 0.15) is 11.4 Å². The van der Waals surface area contributed by atoms with Crippen LogP contribution in [-0.2, 0) is 34.8 Å². The van der Waals surface area contributed by atoms with Crippen molar-refractivity contribution in [3.63, 3.8) is 0 Å². The molecule has 0 bridgehead atoms. The molecule has 0 fully saturated rings. The summed E-state index contributed by atoms with van der Waals surface area (Å²) in [5.41, 5.74) is 1.34. The van der Waals surface area contributed by atoms with Gasteiger partial charge in [-0.15, -0.1) is 5.10 Å². The molecular weight excluding hydrogens is 308 g/mol. The number of hydrogen-bond donors (Lipinski definition) is 1. The zero-order chi connectivity index (χ0) is 15.9. The number of sulfonamides is 1. The number of aromatic nitrogens is 4. The van der Waals surface area contributed by atoms with Gasteiger partial charge in [0.2, 0.25) is 15.9 Å². The molecule has 0 saturated heterocycles. The molecule has 1 aromatic carbocycles. The van der Waals surface area contributed by atoms with E-state index in [9.17, 15) is 13.2 Å². The van der Waals surface area contributed by atoms with Gasteiger partial charge in [0.1, 0.15) is 0 Å². The number of nitrogens with one attached hydrogen (secondary N) is 1. The largest absolute Gasteiger partial charge is 0.326 e. The molecule has 0 unspecified atom stereocenters. The lowest BCUT2D eigenvalue weighted by Crippen LogP contribution is -2.28. The molecule has 2 heterocycles. The molecule has 1 aliphatic rings. The molecule has 1 amide bonds. The summed E-state index contributed by atoms with van der Waals surface area (Å²) in [6, 6.07) is 4.60. The Morgan fingerprint density at radius 2 is 2.18 bits per heavy atom. The molecule has 0 atom stereocenters. The number of benzene rings is 1. The van der Waals surface area contributed by atoms with Crippen molar-refractivity contribution in [2.45, 2.75) is 17.9 Å². The van der Waals surface area contributed by atoms with Crippen molar-refractivity contribution in [3.8, 4) is 0 Å². The van der Waals surface area contributed by atoms with E-state index in [2.05, 4.69) is 20.8 Å². The summed E-state index contributed by atoms with van der Waals surface area (Å²) in [6.07, 6.45) is 0.190. The minimum absolute atomic E-state index is 0.0557. The lowest BCUT2D eigenvalue weighted by Gasteiger charge is -2.16. The van der Waals surface area contributed by atoms with E-state index in [1.54, 1.807) is 13.1 Å². The zero-order valence-electron chi connectivity index (χ0n) is 12.0. The Bertz CT molecular complexity index is 844. The number of fused-ring (bicyclic) bond motifs is 1. The quantitative estimate of drug-likeness (QED) is 0.814. The molecule has 0 aliphatic carbocycles. The van der Waals surface area contributed by atoms with Crippen molar-refractivity contribution < 1.29 is 13.2 Å². The van der Waals surface area contributed by atoms with Crippen LogP contribution in [0.4, 0.5) is 5.69 Å². The predicted molar refractivity (Wildman–Crippen MR) is 76.2 cm³/mol. The van der Waals surface area contributed by atoms with Gasteiger partial charge in [-0.3, -0.25) is 4.79 Å². The second-order valence-corrected chi connectivity index (χ2v) is 7.07. The van der Waals surface area contributed by atoms with E-state index in [-0.39, 0.29) is 23.8 Å². The third kappa shape index (κ3) is 2.46. The molecule has 0 saturated carbocycles. The zero-order valence-corrected chi connectivity index (χ0v) is 12.8. The first-order valence-electron chi connectivity index (χ1n) is 6.48. The van der Waals surface area contributed by atoms with Crippen molar-refractivity contribution in [2.75, 3.05) is 12.4 Å². The van der Waals surface area contributed by atoms with E-state index in [4.69, 9.17) is 0 Å². The molecule has 0 spiro atoms. The third-order valence-electron chi connectivity index (χ3n) is 3.48. The molecule has 9 nitrogen and oxygen atoms in total. The molecule has 3 rings (SSSR count). The molecule has 10 heteroatoms. The highest BCUT2D eigenvalue weighted by molar-refractivity contribution is 7.89. The number of tetrazole rings is 1. The number of anilines is 1. The molecule has 2 aromatic rings. The van der Waals surface area contributed by atoms with Gasteiger partial charge < -0.3 is 5.32 Å². The summed E-state index contributed by atoms with van der Waals surface area (Å²) < 4.78 is 27.8. The van der Waals surface area contributed by atoms with Crippen LogP contribution in [0.5, 0.6) is 0 Å². The van der Waals surface area contributed by atoms with Crippen molar-refractivity contribution in [2.24, 2.45) is 7.05 Å². The van der Waals surface area contributed by atoms with E-state index in [0.717, 1.165) is 0 Å². The lowest BCUT2D eigenvalue weighted by atomic mass is 10.2. The fourth-order valence-electron chi connectivity index (χ4n) is 2.21. The maximum atomic E-state index is 12.6. The van der Waals surface area contributed by atoms with Crippen molar-refractivity contribution >= 4 is 21.6 Å². The van der Waals surface area contributed by atoms with Gasteiger partial charge in [-0.1, -0.05) is 0 Å². The van der Waals surface area contributed by atoms with Crippen molar-refractivity contribution in [1.29, 1.82) is 0 Å². The first-order valence-corrected chi connectivity index (χ1v) is 7.92. The average molecular weight is 322 g/mol. The SMILES string of the molecule is CN(Cc1nnnn1C)S(=O)(=O)c1ccc2c(c1)CC(=O)N2. The predicted octanol–water partition coefficient (Wildman–Crippen LogP) is -0.475. The van der Waals surface area contributed by atoms with E-state index < -0.39 is 10.0 Å². The summed E-state index contributed by atoms with van der Waals surface area (Å²) >= 11 is 0. The number of hydrogen-bond acceptors (Lipinski definition) is 6. The Balaban J connectivity index is 1.88. The van der Waals surface area contributed by atoms with Crippen LogP contribution < -0.4 is 5.32 Å². The molecule has 1 aromatic heterocycles. The van der Waals surface area contributed by atoms with Crippen LogP contribution in [0.25, 0.3) is 0 Å². The van der Waals surface area contributed by atoms with Crippen molar-refractivity contribution in [3.05, 3.63) is 29.6 Å². The van der Waals surface area contributed by atoms with E-state index in [1.165, 1.54) is 28.2 Å². The maximum Gasteiger partial charge on any atom is 0.243 e. The Hall–Kier alpha value is -2.33. The average Bonchev–Trinajstić information content (AvgIpc) is 3.03. The topological polar surface area (TPSA) is 110 Å². The summed E-state index contributed by atoms with van der Waals surface area (Å²) in [4.78, 5) is 11.5. The highest BCUT2D eigenvalue weighted by Gasteiger charge is 2.26. The minimum Gasteiger partial charge on any atom is -0.326 e. The maximum absolute atomic E-state index is 12.6. The normalized spacial score (nSPS) is 14.2. The second-order valence-electron chi connectivity index (χ2n) is 5.02. The van der Waals surface area contributed by atoms with Crippen LogP contribution >= 0.6 is 0 Å². The fourth-order valence-corrected chi connectivity index (χ4v) is 3.39. The smallest absolute Gasteiger partial charge is 0.243 e. The van der Waals surface area contributed by atoms with E-state index in [1.807, 2.05) is 0 Å². The van der Waals surface area contributed by atoms with Gasteiger partial charge >= 0.3 is 0 Å². The van der Waals surface area contributed by atoms with Crippen LogP contribution in [0, 0.1) is 0 Å². The Morgan fingerprint density at radius 1 is 1.41 bits per heavy atom. The molecule has 0 radical (unpaired) electrons. The minimum atomic E-state index is -3.69. The Morgan fingerprint density at radius 3 is 2.86 bits per heavy atom. The van der Waals surface area contributed by atoms with Crippen LogP contribution in [0.15, 0.2) is 23.1 Å². The number of carbonyl (C=O) groups is 1. The van der Waals surface area contributed by atoms with Gasteiger partial charge in [-0.25, -0.2) is 13.1 Å². The highest BCUT2D eigenvalue weighted by Crippen LogP contribution is 2.27. The molecule has 116 valence electrons. The number of amides is 1. The number of nitrogens with zero attached hydrogens (tertiary/aromatic N) is 5. The molecular formula is C12H14N6O3S. The third-order valence-corrected chi connectivity index (χ3v) is 5.28. The van der Waals surface area contributed by atoms with E-state index >= 15 is 0 Å². The number of aryl methyl sites for hydroxylation is 1. The number of rotatable bonds is 4. The first-order chi connectivity index (χ1) is 10.4. The van der Waals surface area contributed by atoms with Gasteiger partial charge in [0.25, 0.3) is 0 Å². The summed E-state index contributed by atoms with van der Waals surface area (Å²) in [5.74, 6) is 0.298. The highest BCUT2D eigenvalue weighted by atomic mass is 32.2. The van der Waals surface area contributed by atoms with Crippen LogP contribution in [0.3, 0.4) is 0 Å². The Labute approximate surface area is 127 Å². The first kappa shape index (κ1) is 14.6. The summed E-state index contributed by atoms with van der Waals surface area (Å²) in [6.45, 7) is 0.0557. The summed E-state index contributed by atoms with van der Waals surface area (Å²) in [5, 5.41) is 13.6. The lowest BCUT2D eigenvalue weighted by molar-refractivity contribution is -0.115. The van der Waals surface area contributed by atoms with Crippen LogP contribution in [-0.4, -0.2) is 45.9 Å². The second kappa shape index (κ2) is 5.14. The van der Waals surface area contributed by atoms with Gasteiger partial charge in [-0.2, -0.15) is 4.31 Å². The van der Waals surface area contributed by atoms with E-state index in [0.29, 0.717) is 17.1 Å². The van der Waals surface area contributed by atoms with Gasteiger partial charge in [-0.05, 0) is 34.2 Å². The molecule has 1 N–H and O–H groups in total. The molecule has 1 aliphatic heterocycles. The van der Waals surface area contributed by atoms with Gasteiger partial charge in [0, 0.05) is 19.8 Å².